The predicted molar refractivity (Wildman–Crippen MR) is 102 cm³/mol. The number of amides is 2. The maximum absolute atomic E-state index is 12.7. The summed E-state index contributed by atoms with van der Waals surface area (Å²) in [6, 6.07) is 14.5. The van der Waals surface area contributed by atoms with E-state index in [2.05, 4.69) is 15.4 Å². The van der Waals surface area contributed by atoms with Gasteiger partial charge < -0.3 is 10.2 Å². The number of hydrogen-bond acceptors (Lipinski definition) is 4. The standard InChI is InChI=1S/C20H19N5O2/c26-19-7-3-4-12-24(19)16-10-8-15(9-11-16)20(27)23-17-5-1-2-6-18(17)25-14-21-13-22-25/h1-2,5-6,8-11,13-14H,3-4,7,12H2,(H,23,27). The van der Waals surface area contributed by atoms with Crippen molar-refractivity contribution in [3.63, 3.8) is 0 Å². The number of nitrogens with zero attached hydrogens (tertiary/aromatic N) is 4. The number of piperidine rings is 1. The van der Waals surface area contributed by atoms with Crippen molar-refractivity contribution in [1.82, 2.24) is 14.8 Å². The molecule has 1 saturated heterocycles. The third kappa shape index (κ3) is 3.57. The van der Waals surface area contributed by atoms with Crippen LogP contribution in [-0.2, 0) is 4.79 Å². The number of benzene rings is 2. The molecule has 1 aliphatic heterocycles. The van der Waals surface area contributed by atoms with Crippen molar-refractivity contribution in [1.29, 1.82) is 0 Å². The molecule has 0 bridgehead atoms. The number of nitrogens with one attached hydrogen (secondary N) is 1. The highest BCUT2D eigenvalue weighted by Gasteiger charge is 2.20. The fourth-order valence-electron chi connectivity index (χ4n) is 3.18. The van der Waals surface area contributed by atoms with Gasteiger partial charge in [0.15, 0.2) is 0 Å². The molecule has 2 amide bonds. The lowest BCUT2D eigenvalue weighted by molar-refractivity contribution is -0.119. The third-order valence-corrected chi connectivity index (χ3v) is 4.58. The summed E-state index contributed by atoms with van der Waals surface area (Å²) in [7, 11) is 0. The first-order valence-electron chi connectivity index (χ1n) is 8.88. The van der Waals surface area contributed by atoms with E-state index in [4.69, 9.17) is 0 Å². The lowest BCUT2D eigenvalue weighted by atomic mass is 10.1. The molecule has 0 aliphatic carbocycles. The highest BCUT2D eigenvalue weighted by molar-refractivity contribution is 6.05. The molecule has 1 aromatic heterocycles. The average Bonchev–Trinajstić information content (AvgIpc) is 3.23. The molecule has 3 aromatic rings. The van der Waals surface area contributed by atoms with Crippen LogP contribution in [0.5, 0.6) is 0 Å². The molecule has 7 heteroatoms. The van der Waals surface area contributed by atoms with Gasteiger partial charge in [-0.15, -0.1) is 0 Å². The number of carbonyl (C=O) groups is 2. The van der Waals surface area contributed by atoms with Crippen LogP contribution >= 0.6 is 0 Å². The Morgan fingerprint density at radius 1 is 1.04 bits per heavy atom. The fraction of sp³-hybridized carbons (Fsp3) is 0.200. The lowest BCUT2D eigenvalue weighted by Crippen LogP contribution is -2.35. The summed E-state index contributed by atoms with van der Waals surface area (Å²) in [6.07, 6.45) is 5.56. The van der Waals surface area contributed by atoms with Crippen LogP contribution in [0.4, 0.5) is 11.4 Å². The molecule has 1 fully saturated rings. The molecule has 0 atom stereocenters. The Morgan fingerprint density at radius 3 is 2.59 bits per heavy atom. The summed E-state index contributed by atoms with van der Waals surface area (Å²) >= 11 is 0. The SMILES string of the molecule is O=C(Nc1ccccc1-n1cncn1)c1ccc(N2CCCCC2=O)cc1. The van der Waals surface area contributed by atoms with Crippen molar-refractivity contribution in [3.05, 3.63) is 66.7 Å². The minimum atomic E-state index is -0.223. The molecule has 2 aromatic carbocycles. The fourth-order valence-corrected chi connectivity index (χ4v) is 3.18. The minimum absolute atomic E-state index is 0.139. The van der Waals surface area contributed by atoms with Crippen LogP contribution in [0, 0.1) is 0 Å². The van der Waals surface area contributed by atoms with Gasteiger partial charge in [-0.05, 0) is 49.2 Å². The first-order valence-corrected chi connectivity index (χ1v) is 8.88. The van der Waals surface area contributed by atoms with E-state index >= 15 is 0 Å². The molecule has 27 heavy (non-hydrogen) atoms. The summed E-state index contributed by atoms with van der Waals surface area (Å²) < 4.78 is 1.60. The molecule has 0 spiro atoms. The highest BCUT2D eigenvalue weighted by atomic mass is 16.2. The summed E-state index contributed by atoms with van der Waals surface area (Å²) in [4.78, 5) is 30.4. The van der Waals surface area contributed by atoms with Gasteiger partial charge in [-0.2, -0.15) is 5.10 Å². The largest absolute Gasteiger partial charge is 0.320 e. The Hall–Kier alpha value is -3.48. The first-order chi connectivity index (χ1) is 13.2. The van der Waals surface area contributed by atoms with Crippen LogP contribution in [0.15, 0.2) is 61.2 Å². The van der Waals surface area contributed by atoms with Gasteiger partial charge in [0.2, 0.25) is 5.91 Å². The van der Waals surface area contributed by atoms with E-state index in [0.717, 1.165) is 30.8 Å². The maximum Gasteiger partial charge on any atom is 0.255 e. The van der Waals surface area contributed by atoms with E-state index in [9.17, 15) is 9.59 Å². The molecule has 1 N–H and O–H groups in total. The van der Waals surface area contributed by atoms with Crippen molar-refractivity contribution in [3.8, 4) is 5.69 Å². The van der Waals surface area contributed by atoms with E-state index in [1.807, 2.05) is 36.4 Å². The van der Waals surface area contributed by atoms with Crippen molar-refractivity contribution in [2.24, 2.45) is 0 Å². The van der Waals surface area contributed by atoms with Crippen molar-refractivity contribution < 1.29 is 9.59 Å². The van der Waals surface area contributed by atoms with Crippen molar-refractivity contribution >= 4 is 23.2 Å². The van der Waals surface area contributed by atoms with Gasteiger partial charge in [-0.1, -0.05) is 12.1 Å². The Kier molecular flexibility index (Phi) is 4.65. The topological polar surface area (TPSA) is 80.1 Å². The first kappa shape index (κ1) is 17.0. The molecular weight excluding hydrogens is 342 g/mol. The molecular formula is C20H19N5O2. The second kappa shape index (κ2) is 7.41. The van der Waals surface area contributed by atoms with Gasteiger partial charge in [-0.3, -0.25) is 9.59 Å². The quantitative estimate of drug-likeness (QED) is 0.774. The van der Waals surface area contributed by atoms with Gasteiger partial charge in [0.05, 0.1) is 11.4 Å². The average molecular weight is 361 g/mol. The molecule has 0 saturated carbocycles. The van der Waals surface area contributed by atoms with E-state index in [-0.39, 0.29) is 11.8 Å². The van der Waals surface area contributed by atoms with Crippen LogP contribution < -0.4 is 10.2 Å². The minimum Gasteiger partial charge on any atom is -0.320 e. The monoisotopic (exact) mass is 361 g/mol. The Bertz CT molecular complexity index is 951. The second-order valence-corrected chi connectivity index (χ2v) is 6.36. The van der Waals surface area contributed by atoms with E-state index in [1.54, 1.807) is 28.0 Å². The van der Waals surface area contributed by atoms with Crippen molar-refractivity contribution in [2.45, 2.75) is 19.3 Å². The summed E-state index contributed by atoms with van der Waals surface area (Å²) in [5, 5.41) is 7.03. The van der Waals surface area contributed by atoms with E-state index < -0.39 is 0 Å². The smallest absolute Gasteiger partial charge is 0.255 e. The predicted octanol–water partition coefficient (Wildman–Crippen LogP) is 3.04. The summed E-state index contributed by atoms with van der Waals surface area (Å²) in [5.74, 6) is -0.0840. The Balaban J connectivity index is 1.52. The summed E-state index contributed by atoms with van der Waals surface area (Å²) in [5.41, 5.74) is 2.73. The second-order valence-electron chi connectivity index (χ2n) is 6.36. The zero-order valence-corrected chi connectivity index (χ0v) is 14.7. The molecule has 0 unspecified atom stereocenters. The molecule has 1 aliphatic rings. The van der Waals surface area contributed by atoms with Gasteiger partial charge in [0.25, 0.3) is 5.91 Å². The molecule has 2 heterocycles. The zero-order chi connectivity index (χ0) is 18.6. The van der Waals surface area contributed by atoms with Crippen LogP contribution in [0.1, 0.15) is 29.6 Å². The number of carbonyl (C=O) groups excluding carboxylic acids is 2. The summed E-state index contributed by atoms with van der Waals surface area (Å²) in [6.45, 7) is 0.732. The van der Waals surface area contributed by atoms with Crippen LogP contribution in [0.2, 0.25) is 0 Å². The van der Waals surface area contributed by atoms with E-state index in [1.165, 1.54) is 6.33 Å². The normalized spacial score (nSPS) is 14.2. The molecule has 4 rings (SSSR count). The highest BCUT2D eigenvalue weighted by Crippen LogP contribution is 2.23. The molecule has 7 nitrogen and oxygen atoms in total. The number of anilines is 2. The number of para-hydroxylation sites is 2. The number of rotatable bonds is 4. The maximum atomic E-state index is 12.7. The van der Waals surface area contributed by atoms with Crippen LogP contribution in [0.25, 0.3) is 5.69 Å². The number of hydrogen-bond donors (Lipinski definition) is 1. The number of aromatic nitrogens is 3. The lowest BCUT2D eigenvalue weighted by Gasteiger charge is -2.26. The zero-order valence-electron chi connectivity index (χ0n) is 14.7. The molecule has 136 valence electrons. The molecule has 0 radical (unpaired) electrons. The van der Waals surface area contributed by atoms with Gasteiger partial charge in [-0.25, -0.2) is 9.67 Å². The third-order valence-electron chi connectivity index (χ3n) is 4.58. The Morgan fingerprint density at radius 2 is 1.85 bits per heavy atom. The van der Waals surface area contributed by atoms with Gasteiger partial charge in [0.1, 0.15) is 12.7 Å². The van der Waals surface area contributed by atoms with Crippen LogP contribution in [-0.4, -0.2) is 33.1 Å². The van der Waals surface area contributed by atoms with Crippen LogP contribution in [0.3, 0.4) is 0 Å². The van der Waals surface area contributed by atoms with Crippen molar-refractivity contribution in [2.75, 3.05) is 16.8 Å². The Labute approximate surface area is 156 Å². The van der Waals surface area contributed by atoms with E-state index in [0.29, 0.717) is 17.7 Å². The van der Waals surface area contributed by atoms with Gasteiger partial charge in [0, 0.05) is 24.2 Å². The van der Waals surface area contributed by atoms with Gasteiger partial charge >= 0.3 is 0 Å².